The number of hydrogen-bond acceptors (Lipinski definition) is 7. The highest BCUT2D eigenvalue weighted by atomic mass is 16.5. The largest absolute Gasteiger partial charge is 0.497 e. The van der Waals surface area contributed by atoms with Crippen LogP contribution < -0.4 is 9.47 Å². The fraction of sp³-hybridized carbons (Fsp3) is 0.407. The Morgan fingerprint density at radius 2 is 1.91 bits per heavy atom. The highest BCUT2D eigenvalue weighted by Crippen LogP contribution is 2.38. The zero-order chi connectivity index (χ0) is 25.1. The molecule has 8 heteroatoms. The lowest BCUT2D eigenvalue weighted by Crippen LogP contribution is -2.29. The van der Waals surface area contributed by atoms with Gasteiger partial charge in [-0.15, -0.1) is 5.10 Å². The van der Waals surface area contributed by atoms with Crippen molar-refractivity contribution in [1.82, 2.24) is 15.0 Å². The molecule has 184 valence electrons. The van der Waals surface area contributed by atoms with E-state index < -0.39 is 0 Å². The highest BCUT2D eigenvalue weighted by Gasteiger charge is 2.31. The van der Waals surface area contributed by atoms with E-state index >= 15 is 0 Å². The van der Waals surface area contributed by atoms with E-state index in [1.165, 1.54) is 18.1 Å². The zero-order valence-electron chi connectivity index (χ0n) is 20.8. The van der Waals surface area contributed by atoms with Crippen molar-refractivity contribution in [3.05, 3.63) is 64.5 Å². The molecule has 8 nitrogen and oxygen atoms in total. The second-order valence-corrected chi connectivity index (χ2v) is 9.12. The smallest absolute Gasteiger partial charge is 0.309 e. The molecule has 1 aliphatic carbocycles. The van der Waals surface area contributed by atoms with Crippen molar-refractivity contribution in [3.63, 3.8) is 0 Å². The lowest BCUT2D eigenvalue weighted by atomic mass is 9.75. The van der Waals surface area contributed by atoms with Crippen LogP contribution in [0.1, 0.15) is 48.2 Å². The summed E-state index contributed by atoms with van der Waals surface area (Å²) >= 11 is 0. The van der Waals surface area contributed by atoms with Crippen LogP contribution in [-0.2, 0) is 33.8 Å². The van der Waals surface area contributed by atoms with Crippen molar-refractivity contribution in [2.45, 2.75) is 53.6 Å². The monoisotopic (exact) mass is 477 g/mol. The number of rotatable bonds is 7. The molecule has 1 aliphatic rings. The summed E-state index contributed by atoms with van der Waals surface area (Å²) in [5, 5.41) is 8.25. The Kier molecular flexibility index (Phi) is 7.19. The predicted molar refractivity (Wildman–Crippen MR) is 130 cm³/mol. The fourth-order valence-corrected chi connectivity index (χ4v) is 4.71. The molecule has 4 rings (SSSR count). The van der Waals surface area contributed by atoms with Gasteiger partial charge in [0.25, 0.3) is 0 Å². The third-order valence-corrected chi connectivity index (χ3v) is 6.81. The second-order valence-electron chi connectivity index (χ2n) is 9.12. The van der Waals surface area contributed by atoms with Crippen molar-refractivity contribution >= 4 is 11.9 Å². The maximum Gasteiger partial charge on any atom is 0.309 e. The van der Waals surface area contributed by atoms with Crippen LogP contribution >= 0.6 is 0 Å². The molecule has 1 aromatic heterocycles. The Morgan fingerprint density at radius 3 is 2.60 bits per heavy atom. The maximum atomic E-state index is 12.9. The number of fused-ring (bicyclic) bond motifs is 1. The molecule has 0 N–H and O–H groups in total. The SMILES string of the molecule is COc1ccc(-n2cc(COC(=O)[C@H](C)[C@@H]3CCc4c(C)cc(OC(C)=O)c(C)c4C3)nn2)cc1. The molecule has 0 saturated heterocycles. The van der Waals surface area contributed by atoms with E-state index in [2.05, 4.69) is 10.3 Å². The molecule has 0 radical (unpaired) electrons. The van der Waals surface area contributed by atoms with Gasteiger partial charge in [0, 0.05) is 6.92 Å². The van der Waals surface area contributed by atoms with Gasteiger partial charge >= 0.3 is 11.9 Å². The van der Waals surface area contributed by atoms with Crippen molar-refractivity contribution in [2.75, 3.05) is 7.11 Å². The summed E-state index contributed by atoms with van der Waals surface area (Å²) in [6, 6.07) is 9.39. The number of benzene rings is 2. The minimum atomic E-state index is -0.333. The van der Waals surface area contributed by atoms with Crippen molar-refractivity contribution < 1.29 is 23.8 Å². The average Bonchev–Trinajstić information content (AvgIpc) is 3.33. The first-order chi connectivity index (χ1) is 16.8. The first-order valence-electron chi connectivity index (χ1n) is 11.8. The average molecular weight is 478 g/mol. The van der Waals surface area contributed by atoms with Gasteiger partial charge in [-0.05, 0) is 91.6 Å². The van der Waals surface area contributed by atoms with E-state index in [1.54, 1.807) is 18.0 Å². The summed E-state index contributed by atoms with van der Waals surface area (Å²) in [4.78, 5) is 24.4. The van der Waals surface area contributed by atoms with Crippen LogP contribution in [0.3, 0.4) is 0 Å². The molecule has 3 aromatic rings. The normalized spacial score (nSPS) is 15.7. The number of esters is 2. The number of carbonyl (C=O) groups is 2. The quantitative estimate of drug-likeness (QED) is 0.370. The predicted octanol–water partition coefficient (Wildman–Crippen LogP) is 4.30. The molecule has 35 heavy (non-hydrogen) atoms. The molecular formula is C27H31N3O5. The number of methoxy groups -OCH3 is 1. The van der Waals surface area contributed by atoms with Crippen LogP contribution in [0.25, 0.3) is 5.69 Å². The van der Waals surface area contributed by atoms with Gasteiger partial charge in [0.1, 0.15) is 23.8 Å². The van der Waals surface area contributed by atoms with Crippen molar-refractivity contribution in [2.24, 2.45) is 11.8 Å². The van der Waals surface area contributed by atoms with E-state index in [1.807, 2.05) is 51.1 Å². The Bertz CT molecular complexity index is 1230. The fourth-order valence-electron chi connectivity index (χ4n) is 4.71. The number of ether oxygens (including phenoxy) is 3. The minimum Gasteiger partial charge on any atom is -0.497 e. The lowest BCUT2D eigenvalue weighted by Gasteiger charge is -2.31. The Labute approximate surface area is 205 Å². The number of aryl methyl sites for hydroxylation is 1. The molecule has 0 unspecified atom stereocenters. The van der Waals surface area contributed by atoms with Crippen LogP contribution in [0.5, 0.6) is 11.5 Å². The number of nitrogens with zero attached hydrogens (tertiary/aromatic N) is 3. The van der Waals surface area contributed by atoms with Crippen molar-refractivity contribution in [1.29, 1.82) is 0 Å². The molecule has 0 fully saturated rings. The Hall–Kier alpha value is -3.68. The van der Waals surface area contributed by atoms with E-state index in [0.29, 0.717) is 11.4 Å². The first-order valence-corrected chi connectivity index (χ1v) is 11.8. The zero-order valence-corrected chi connectivity index (χ0v) is 20.8. The summed E-state index contributed by atoms with van der Waals surface area (Å²) in [5.41, 5.74) is 5.98. The standard InChI is InChI=1S/C27H31N3O5/c1-16-12-26(35-19(4)31)18(3)25-13-20(6-11-24(16)25)17(2)27(32)34-15-21-14-30(29-28-21)22-7-9-23(33-5)10-8-22/h7-10,12,14,17,20H,6,11,13,15H2,1-5H3/t17-,20-/m1/s1. The molecule has 0 bridgehead atoms. The third kappa shape index (κ3) is 5.37. The van der Waals surface area contributed by atoms with E-state index in [0.717, 1.165) is 41.8 Å². The van der Waals surface area contributed by atoms with Gasteiger partial charge < -0.3 is 14.2 Å². The van der Waals surface area contributed by atoms with Crippen LogP contribution in [0.4, 0.5) is 0 Å². The van der Waals surface area contributed by atoms with Crippen LogP contribution in [-0.4, -0.2) is 34.0 Å². The summed E-state index contributed by atoms with van der Waals surface area (Å²) in [7, 11) is 1.62. The van der Waals surface area contributed by atoms with Gasteiger partial charge in [-0.2, -0.15) is 0 Å². The molecular weight excluding hydrogens is 446 g/mol. The van der Waals surface area contributed by atoms with E-state index in [-0.39, 0.29) is 30.4 Å². The lowest BCUT2D eigenvalue weighted by molar-refractivity contribution is -0.151. The van der Waals surface area contributed by atoms with Crippen LogP contribution in [0, 0.1) is 25.7 Å². The van der Waals surface area contributed by atoms with Gasteiger partial charge in [0.2, 0.25) is 0 Å². The van der Waals surface area contributed by atoms with Gasteiger partial charge in [0.15, 0.2) is 0 Å². The van der Waals surface area contributed by atoms with Crippen LogP contribution in [0.15, 0.2) is 36.5 Å². The first kappa shape index (κ1) is 24.4. The molecule has 1 heterocycles. The molecule has 2 aromatic carbocycles. The minimum absolute atomic E-state index is 0.0668. The summed E-state index contributed by atoms with van der Waals surface area (Å²) < 4.78 is 17.8. The van der Waals surface area contributed by atoms with E-state index in [4.69, 9.17) is 14.2 Å². The number of hydrogen-bond donors (Lipinski definition) is 0. The third-order valence-electron chi connectivity index (χ3n) is 6.81. The van der Waals surface area contributed by atoms with Crippen molar-refractivity contribution in [3.8, 4) is 17.2 Å². The van der Waals surface area contributed by atoms with Gasteiger partial charge in [-0.25, -0.2) is 4.68 Å². The topological polar surface area (TPSA) is 92.5 Å². The van der Waals surface area contributed by atoms with E-state index in [9.17, 15) is 9.59 Å². The van der Waals surface area contributed by atoms with Gasteiger partial charge in [-0.3, -0.25) is 9.59 Å². The van der Waals surface area contributed by atoms with Crippen LogP contribution in [0.2, 0.25) is 0 Å². The molecule has 0 amide bonds. The molecule has 0 spiro atoms. The highest BCUT2D eigenvalue weighted by molar-refractivity contribution is 5.73. The number of carbonyl (C=O) groups excluding carboxylic acids is 2. The molecule has 0 aliphatic heterocycles. The number of aromatic nitrogens is 3. The molecule has 2 atom stereocenters. The second kappa shape index (κ2) is 10.3. The summed E-state index contributed by atoms with van der Waals surface area (Å²) in [6.07, 6.45) is 4.30. The molecule has 0 saturated carbocycles. The summed E-state index contributed by atoms with van der Waals surface area (Å²) in [6.45, 7) is 7.42. The van der Waals surface area contributed by atoms with Gasteiger partial charge in [0.05, 0.1) is 24.9 Å². The Morgan fingerprint density at radius 1 is 1.17 bits per heavy atom. The Balaban J connectivity index is 1.39. The van der Waals surface area contributed by atoms with Gasteiger partial charge in [-0.1, -0.05) is 12.1 Å². The maximum absolute atomic E-state index is 12.9. The summed E-state index contributed by atoms with van der Waals surface area (Å²) in [5.74, 6) is 0.663.